The highest BCUT2D eigenvalue weighted by Crippen LogP contribution is 2.19. The Bertz CT molecular complexity index is 418. The molecule has 0 bridgehead atoms. The number of rotatable bonds is 6. The fourth-order valence-corrected chi connectivity index (χ4v) is 2.44. The molecular weight excluding hydrogens is 294 g/mol. The van der Waals surface area contributed by atoms with Crippen molar-refractivity contribution in [1.82, 2.24) is 5.32 Å². The minimum atomic E-state index is -0.899. The first-order valence-corrected chi connectivity index (χ1v) is 7.00. The van der Waals surface area contributed by atoms with Crippen LogP contribution in [-0.2, 0) is 6.54 Å². The molecule has 0 heterocycles. The van der Waals surface area contributed by atoms with Crippen molar-refractivity contribution < 1.29 is 9.90 Å². The second kappa shape index (κ2) is 6.90. The Hall–Kier alpha value is -0.870. The Morgan fingerprint density at radius 2 is 2.11 bits per heavy atom. The molecule has 100 valence electrons. The van der Waals surface area contributed by atoms with Gasteiger partial charge in [-0.25, -0.2) is 4.79 Å². The van der Waals surface area contributed by atoms with Crippen molar-refractivity contribution in [2.75, 3.05) is 0 Å². The van der Waals surface area contributed by atoms with E-state index in [1.807, 2.05) is 6.07 Å². The summed E-state index contributed by atoms with van der Waals surface area (Å²) in [5.74, 6) is -0.309. The zero-order valence-corrected chi connectivity index (χ0v) is 12.6. The molecule has 0 aliphatic carbocycles. The first-order chi connectivity index (χ1) is 8.45. The van der Waals surface area contributed by atoms with Crippen LogP contribution >= 0.6 is 15.9 Å². The van der Waals surface area contributed by atoms with E-state index in [1.54, 1.807) is 12.1 Å². The van der Waals surface area contributed by atoms with Gasteiger partial charge in [-0.1, -0.05) is 42.8 Å². The molecule has 1 aromatic rings. The molecule has 0 aromatic heterocycles. The van der Waals surface area contributed by atoms with Crippen LogP contribution < -0.4 is 5.32 Å². The van der Waals surface area contributed by atoms with Gasteiger partial charge < -0.3 is 10.4 Å². The van der Waals surface area contributed by atoms with Gasteiger partial charge in [0.2, 0.25) is 0 Å². The number of hydrogen-bond acceptors (Lipinski definition) is 2. The third-order valence-corrected chi connectivity index (χ3v) is 3.84. The normalized spacial score (nSPS) is 12.7. The predicted octanol–water partition coefficient (Wildman–Crippen LogP) is 3.67. The fourth-order valence-electron chi connectivity index (χ4n) is 1.92. The lowest BCUT2D eigenvalue weighted by atomic mass is 10.0. The Morgan fingerprint density at radius 3 is 2.56 bits per heavy atom. The van der Waals surface area contributed by atoms with Crippen LogP contribution in [0.5, 0.6) is 0 Å². The van der Waals surface area contributed by atoms with Gasteiger partial charge in [-0.05, 0) is 30.0 Å². The van der Waals surface area contributed by atoms with Gasteiger partial charge in [0.25, 0.3) is 0 Å². The maximum Gasteiger partial charge on any atom is 0.335 e. The molecule has 1 aromatic carbocycles. The molecule has 1 rings (SSSR count). The van der Waals surface area contributed by atoms with Gasteiger partial charge in [0.15, 0.2) is 0 Å². The van der Waals surface area contributed by atoms with Gasteiger partial charge in [-0.2, -0.15) is 0 Å². The second-order valence-electron chi connectivity index (χ2n) is 4.75. The molecule has 0 radical (unpaired) electrons. The summed E-state index contributed by atoms with van der Waals surface area (Å²) in [6.45, 7) is 7.31. The van der Waals surface area contributed by atoms with Crippen molar-refractivity contribution in [3.05, 3.63) is 33.8 Å². The zero-order valence-electron chi connectivity index (χ0n) is 11.0. The molecule has 1 unspecified atom stereocenters. The number of nitrogens with one attached hydrogen (secondary N) is 1. The molecule has 1 atom stereocenters. The van der Waals surface area contributed by atoms with Crippen molar-refractivity contribution >= 4 is 21.9 Å². The van der Waals surface area contributed by atoms with E-state index in [0.717, 1.165) is 23.0 Å². The molecule has 0 spiro atoms. The number of halogens is 1. The summed E-state index contributed by atoms with van der Waals surface area (Å²) in [4.78, 5) is 10.8. The number of carbonyl (C=O) groups is 1. The third kappa shape index (κ3) is 4.10. The summed E-state index contributed by atoms with van der Waals surface area (Å²) in [6, 6.07) is 5.63. The lowest BCUT2D eigenvalue weighted by Crippen LogP contribution is -2.32. The van der Waals surface area contributed by atoms with E-state index in [-0.39, 0.29) is 0 Å². The van der Waals surface area contributed by atoms with Crippen LogP contribution in [0.25, 0.3) is 0 Å². The number of benzene rings is 1. The van der Waals surface area contributed by atoms with Crippen molar-refractivity contribution in [3.8, 4) is 0 Å². The first-order valence-electron chi connectivity index (χ1n) is 6.20. The summed E-state index contributed by atoms with van der Waals surface area (Å²) in [6.07, 6.45) is 1.09. The zero-order chi connectivity index (χ0) is 13.7. The molecule has 0 saturated heterocycles. The largest absolute Gasteiger partial charge is 0.478 e. The van der Waals surface area contributed by atoms with Crippen molar-refractivity contribution in [2.45, 2.75) is 39.8 Å². The molecule has 2 N–H and O–H groups in total. The Labute approximate surface area is 117 Å². The first kappa shape index (κ1) is 15.2. The standard InChI is InChI=1S/C14H20BrNO2/c1-4-13(9(2)3)16-8-11-6-5-10(14(17)18)7-12(11)15/h5-7,9,13,16H,4,8H2,1-3H3,(H,17,18). The number of aromatic carboxylic acids is 1. The molecule has 4 heteroatoms. The summed E-state index contributed by atoms with van der Waals surface area (Å²) in [7, 11) is 0. The molecule has 3 nitrogen and oxygen atoms in total. The van der Waals surface area contributed by atoms with Crippen LogP contribution in [0.4, 0.5) is 0 Å². The molecule has 0 aliphatic rings. The van der Waals surface area contributed by atoms with Crippen LogP contribution in [0, 0.1) is 5.92 Å². The van der Waals surface area contributed by atoms with Crippen molar-refractivity contribution in [1.29, 1.82) is 0 Å². The average molecular weight is 314 g/mol. The molecular formula is C14H20BrNO2. The fraction of sp³-hybridized carbons (Fsp3) is 0.500. The van der Waals surface area contributed by atoms with Crippen molar-refractivity contribution in [3.63, 3.8) is 0 Å². The highest BCUT2D eigenvalue weighted by atomic mass is 79.9. The maximum atomic E-state index is 10.8. The minimum Gasteiger partial charge on any atom is -0.478 e. The number of hydrogen-bond donors (Lipinski definition) is 2. The van der Waals surface area contributed by atoms with Crippen LogP contribution in [0.15, 0.2) is 22.7 Å². The van der Waals surface area contributed by atoms with E-state index in [2.05, 4.69) is 42.0 Å². The maximum absolute atomic E-state index is 10.8. The number of carboxylic acids is 1. The van der Waals surface area contributed by atoms with Crippen LogP contribution in [-0.4, -0.2) is 17.1 Å². The minimum absolute atomic E-state index is 0.307. The topological polar surface area (TPSA) is 49.3 Å². The second-order valence-corrected chi connectivity index (χ2v) is 5.61. The third-order valence-electron chi connectivity index (χ3n) is 3.10. The van der Waals surface area contributed by atoms with E-state index in [1.165, 1.54) is 0 Å². The van der Waals surface area contributed by atoms with Gasteiger partial charge in [0.1, 0.15) is 0 Å². The molecule has 18 heavy (non-hydrogen) atoms. The van der Waals surface area contributed by atoms with Crippen LogP contribution in [0.2, 0.25) is 0 Å². The van der Waals surface area contributed by atoms with Gasteiger partial charge in [-0.3, -0.25) is 0 Å². The molecule has 0 fully saturated rings. The monoisotopic (exact) mass is 313 g/mol. The molecule has 0 aliphatic heterocycles. The summed E-state index contributed by atoms with van der Waals surface area (Å²) in [5, 5.41) is 12.4. The van der Waals surface area contributed by atoms with Gasteiger partial charge in [-0.15, -0.1) is 0 Å². The highest BCUT2D eigenvalue weighted by Gasteiger charge is 2.11. The number of carboxylic acid groups (broad SMARTS) is 1. The van der Waals surface area contributed by atoms with E-state index in [9.17, 15) is 4.79 Å². The average Bonchev–Trinajstić information content (AvgIpc) is 2.30. The highest BCUT2D eigenvalue weighted by molar-refractivity contribution is 9.10. The van der Waals surface area contributed by atoms with Gasteiger partial charge in [0.05, 0.1) is 5.56 Å². The van der Waals surface area contributed by atoms with Gasteiger partial charge >= 0.3 is 5.97 Å². The Balaban J connectivity index is 2.71. The Kier molecular flexibility index (Phi) is 5.82. The quantitative estimate of drug-likeness (QED) is 0.842. The molecule has 0 saturated carbocycles. The smallest absolute Gasteiger partial charge is 0.335 e. The van der Waals surface area contributed by atoms with E-state index >= 15 is 0 Å². The Morgan fingerprint density at radius 1 is 1.44 bits per heavy atom. The van der Waals surface area contributed by atoms with Crippen LogP contribution in [0.1, 0.15) is 43.1 Å². The van der Waals surface area contributed by atoms with E-state index in [4.69, 9.17) is 5.11 Å². The van der Waals surface area contributed by atoms with Crippen LogP contribution in [0.3, 0.4) is 0 Å². The predicted molar refractivity (Wildman–Crippen MR) is 76.9 cm³/mol. The lowest BCUT2D eigenvalue weighted by Gasteiger charge is -2.21. The summed E-state index contributed by atoms with van der Waals surface area (Å²) in [5.41, 5.74) is 1.39. The van der Waals surface area contributed by atoms with Gasteiger partial charge in [0, 0.05) is 17.1 Å². The SMILES string of the molecule is CCC(NCc1ccc(C(=O)O)cc1Br)C(C)C. The molecule has 0 amide bonds. The van der Waals surface area contributed by atoms with E-state index in [0.29, 0.717) is 17.5 Å². The summed E-state index contributed by atoms with van der Waals surface area (Å²) >= 11 is 3.42. The summed E-state index contributed by atoms with van der Waals surface area (Å²) < 4.78 is 0.841. The van der Waals surface area contributed by atoms with E-state index < -0.39 is 5.97 Å². The van der Waals surface area contributed by atoms with Crippen molar-refractivity contribution in [2.24, 2.45) is 5.92 Å². The lowest BCUT2D eigenvalue weighted by molar-refractivity contribution is 0.0697.